The molecule has 0 unspecified atom stereocenters. The number of benzene rings is 1. The molecule has 2 aromatic rings. The van der Waals surface area contributed by atoms with Crippen molar-refractivity contribution >= 4 is 34.7 Å². The van der Waals surface area contributed by atoms with Gasteiger partial charge in [-0.3, -0.25) is 0 Å². The summed E-state index contributed by atoms with van der Waals surface area (Å²) in [6, 6.07) is 9.33. The number of halogens is 2. The molecule has 19 heavy (non-hydrogen) atoms. The highest BCUT2D eigenvalue weighted by Crippen LogP contribution is 2.24. The quantitative estimate of drug-likeness (QED) is 0.922. The second kappa shape index (κ2) is 6.13. The van der Waals surface area contributed by atoms with Gasteiger partial charge in [0.1, 0.15) is 0 Å². The lowest BCUT2D eigenvalue weighted by molar-refractivity contribution is 1.05. The molecule has 0 atom stereocenters. The monoisotopic (exact) mass is 295 g/mol. The van der Waals surface area contributed by atoms with Crippen molar-refractivity contribution in [1.82, 2.24) is 4.98 Å². The third kappa shape index (κ3) is 3.52. The van der Waals surface area contributed by atoms with Crippen LogP contribution in [0.15, 0.2) is 36.5 Å². The molecule has 0 saturated heterocycles. The number of anilines is 2. The second-order valence-corrected chi connectivity index (χ2v) is 5.20. The van der Waals surface area contributed by atoms with Crippen molar-refractivity contribution in [3.63, 3.8) is 0 Å². The van der Waals surface area contributed by atoms with Crippen molar-refractivity contribution in [3.05, 3.63) is 52.1 Å². The first kappa shape index (κ1) is 14.0. The summed E-state index contributed by atoms with van der Waals surface area (Å²) >= 11 is 12.1. The first-order valence-electron chi connectivity index (χ1n) is 5.88. The number of aromatic nitrogens is 1. The predicted octanol–water partition coefficient (Wildman–Crippen LogP) is 4.07. The molecule has 1 heterocycles. The number of hydrogen-bond acceptors (Lipinski definition) is 3. The fourth-order valence-electron chi connectivity index (χ4n) is 1.76. The van der Waals surface area contributed by atoms with Crippen LogP contribution in [-0.4, -0.2) is 19.1 Å². The van der Waals surface area contributed by atoms with E-state index in [1.807, 2.05) is 37.2 Å². The minimum Gasteiger partial charge on any atom is -0.378 e. The Labute approximate surface area is 123 Å². The third-order valence-electron chi connectivity index (χ3n) is 2.69. The minimum absolute atomic E-state index is 0.603. The van der Waals surface area contributed by atoms with E-state index in [1.54, 1.807) is 18.3 Å². The van der Waals surface area contributed by atoms with Crippen LogP contribution in [0.5, 0.6) is 0 Å². The molecule has 0 spiro atoms. The van der Waals surface area contributed by atoms with Gasteiger partial charge in [-0.15, -0.1) is 0 Å². The normalized spacial score (nSPS) is 10.3. The van der Waals surface area contributed by atoms with Gasteiger partial charge < -0.3 is 10.2 Å². The lowest BCUT2D eigenvalue weighted by Crippen LogP contribution is -2.13. The van der Waals surface area contributed by atoms with Crippen LogP contribution in [-0.2, 0) is 6.54 Å². The maximum absolute atomic E-state index is 6.14. The van der Waals surface area contributed by atoms with E-state index in [0.29, 0.717) is 16.6 Å². The van der Waals surface area contributed by atoms with Gasteiger partial charge in [0.2, 0.25) is 0 Å². The van der Waals surface area contributed by atoms with E-state index in [1.165, 1.54) is 0 Å². The van der Waals surface area contributed by atoms with Crippen LogP contribution in [0.4, 0.5) is 11.5 Å². The highest BCUT2D eigenvalue weighted by molar-refractivity contribution is 6.33. The molecule has 0 aliphatic carbocycles. The number of pyridine rings is 1. The number of nitrogens with zero attached hydrogens (tertiary/aromatic N) is 2. The Hall–Kier alpha value is -1.45. The molecule has 0 aliphatic rings. The molecule has 3 nitrogen and oxygen atoms in total. The molecule has 0 radical (unpaired) electrons. The van der Waals surface area contributed by atoms with Gasteiger partial charge in [0.25, 0.3) is 0 Å². The Kier molecular flexibility index (Phi) is 4.51. The molecule has 2 rings (SSSR count). The standard InChI is InChI=1S/C14H15Cl2N3/c1-19(2)14-13(4-3-7-17-14)18-9-10-8-11(15)5-6-12(10)16/h3-8,18H,9H2,1-2H3. The van der Waals surface area contributed by atoms with Crippen molar-refractivity contribution in [2.75, 3.05) is 24.3 Å². The van der Waals surface area contributed by atoms with Crippen molar-refractivity contribution in [3.8, 4) is 0 Å². The second-order valence-electron chi connectivity index (χ2n) is 4.36. The first-order chi connectivity index (χ1) is 9.08. The van der Waals surface area contributed by atoms with Gasteiger partial charge in [-0.25, -0.2) is 4.98 Å². The maximum atomic E-state index is 6.14. The van der Waals surface area contributed by atoms with Gasteiger partial charge in [-0.1, -0.05) is 23.2 Å². The highest BCUT2D eigenvalue weighted by atomic mass is 35.5. The van der Waals surface area contributed by atoms with Crippen molar-refractivity contribution in [2.24, 2.45) is 0 Å². The van der Waals surface area contributed by atoms with Crippen LogP contribution < -0.4 is 10.2 Å². The summed E-state index contributed by atoms with van der Waals surface area (Å²) in [5.74, 6) is 0.889. The van der Waals surface area contributed by atoms with E-state index in [4.69, 9.17) is 23.2 Å². The Morgan fingerprint density at radius 1 is 1.21 bits per heavy atom. The third-order valence-corrected chi connectivity index (χ3v) is 3.29. The van der Waals surface area contributed by atoms with Gasteiger partial charge >= 0.3 is 0 Å². The van der Waals surface area contributed by atoms with Crippen LogP contribution in [0, 0.1) is 0 Å². The molecular formula is C14H15Cl2N3. The van der Waals surface area contributed by atoms with Gasteiger partial charge in [0.15, 0.2) is 5.82 Å². The van der Waals surface area contributed by atoms with E-state index in [2.05, 4.69) is 10.3 Å². The maximum Gasteiger partial charge on any atom is 0.151 e. The lowest BCUT2D eigenvalue weighted by atomic mass is 10.2. The molecule has 100 valence electrons. The van der Waals surface area contributed by atoms with Gasteiger partial charge in [-0.2, -0.15) is 0 Å². The Balaban J connectivity index is 2.17. The van der Waals surface area contributed by atoms with E-state index in [9.17, 15) is 0 Å². The molecule has 1 N–H and O–H groups in total. The van der Waals surface area contributed by atoms with E-state index in [0.717, 1.165) is 17.1 Å². The Morgan fingerprint density at radius 3 is 2.74 bits per heavy atom. The zero-order chi connectivity index (χ0) is 13.8. The summed E-state index contributed by atoms with van der Waals surface area (Å²) in [5, 5.41) is 4.71. The van der Waals surface area contributed by atoms with E-state index in [-0.39, 0.29) is 0 Å². The summed E-state index contributed by atoms with van der Waals surface area (Å²) in [7, 11) is 3.92. The lowest BCUT2D eigenvalue weighted by Gasteiger charge is -2.17. The Bertz CT molecular complexity index is 570. The molecule has 0 fully saturated rings. The zero-order valence-electron chi connectivity index (χ0n) is 10.8. The minimum atomic E-state index is 0.603. The summed E-state index contributed by atoms with van der Waals surface area (Å²) in [6.45, 7) is 0.603. The number of nitrogens with one attached hydrogen (secondary N) is 1. The fraction of sp³-hybridized carbons (Fsp3) is 0.214. The summed E-state index contributed by atoms with van der Waals surface area (Å²) in [5.41, 5.74) is 1.92. The van der Waals surface area contributed by atoms with E-state index >= 15 is 0 Å². The fourth-order valence-corrected chi connectivity index (χ4v) is 2.14. The predicted molar refractivity (Wildman–Crippen MR) is 82.4 cm³/mol. The largest absolute Gasteiger partial charge is 0.378 e. The average Bonchev–Trinajstić information content (AvgIpc) is 2.40. The first-order valence-corrected chi connectivity index (χ1v) is 6.63. The Morgan fingerprint density at radius 2 is 2.00 bits per heavy atom. The smallest absolute Gasteiger partial charge is 0.151 e. The molecule has 5 heteroatoms. The summed E-state index contributed by atoms with van der Waals surface area (Å²) in [4.78, 5) is 6.30. The van der Waals surface area contributed by atoms with Crippen molar-refractivity contribution < 1.29 is 0 Å². The summed E-state index contributed by atoms with van der Waals surface area (Å²) in [6.07, 6.45) is 1.77. The molecule has 0 bridgehead atoms. The van der Waals surface area contributed by atoms with Crippen LogP contribution in [0.3, 0.4) is 0 Å². The van der Waals surface area contributed by atoms with Crippen molar-refractivity contribution in [1.29, 1.82) is 0 Å². The SMILES string of the molecule is CN(C)c1ncccc1NCc1cc(Cl)ccc1Cl. The average molecular weight is 296 g/mol. The zero-order valence-corrected chi connectivity index (χ0v) is 12.3. The molecule has 0 aliphatic heterocycles. The van der Waals surface area contributed by atoms with Gasteiger partial charge in [-0.05, 0) is 35.9 Å². The number of hydrogen-bond donors (Lipinski definition) is 1. The molecule has 0 saturated carbocycles. The molecular weight excluding hydrogens is 281 g/mol. The van der Waals surface area contributed by atoms with Crippen LogP contribution in [0.2, 0.25) is 10.0 Å². The number of rotatable bonds is 4. The van der Waals surface area contributed by atoms with Crippen LogP contribution >= 0.6 is 23.2 Å². The van der Waals surface area contributed by atoms with Crippen molar-refractivity contribution in [2.45, 2.75) is 6.54 Å². The molecule has 1 aromatic heterocycles. The topological polar surface area (TPSA) is 28.2 Å². The molecule has 1 aromatic carbocycles. The van der Waals surface area contributed by atoms with E-state index < -0.39 is 0 Å². The molecule has 0 amide bonds. The van der Waals surface area contributed by atoms with Crippen LogP contribution in [0.25, 0.3) is 0 Å². The highest BCUT2D eigenvalue weighted by Gasteiger charge is 2.06. The van der Waals surface area contributed by atoms with Gasteiger partial charge in [0, 0.05) is 36.9 Å². The van der Waals surface area contributed by atoms with Crippen LogP contribution in [0.1, 0.15) is 5.56 Å². The van der Waals surface area contributed by atoms with Gasteiger partial charge in [0.05, 0.1) is 5.69 Å². The summed E-state index contributed by atoms with van der Waals surface area (Å²) < 4.78 is 0.